The molecule has 0 saturated carbocycles. The average molecular weight is 256 g/mol. The lowest BCUT2D eigenvalue weighted by atomic mass is 9.89. The predicted molar refractivity (Wildman–Crippen MR) is 64.1 cm³/mol. The fraction of sp³-hybridized carbons (Fsp3) is 0.333. The number of nitrogens with two attached hydrogens (primary N) is 1. The van der Waals surface area contributed by atoms with Crippen molar-refractivity contribution in [3.63, 3.8) is 0 Å². The summed E-state index contributed by atoms with van der Waals surface area (Å²) in [6.45, 7) is 1.18. The Bertz CT molecular complexity index is 431. The van der Waals surface area contributed by atoms with E-state index in [0.717, 1.165) is 24.3 Å². The molecule has 0 bridgehead atoms. The van der Waals surface area contributed by atoms with Crippen LogP contribution in [0.25, 0.3) is 0 Å². The fourth-order valence-corrected chi connectivity index (χ4v) is 2.12. The minimum Gasteiger partial charge on any atom is -0.351 e. The van der Waals surface area contributed by atoms with Crippen molar-refractivity contribution in [3.05, 3.63) is 40.5 Å². The largest absolute Gasteiger partial charge is 0.351 e. The highest BCUT2D eigenvalue weighted by molar-refractivity contribution is 6.30. The van der Waals surface area contributed by atoms with Gasteiger partial charge >= 0.3 is 6.03 Å². The molecular weight excluding hydrogens is 243 g/mol. The van der Waals surface area contributed by atoms with Crippen molar-refractivity contribution in [1.82, 2.24) is 4.90 Å². The number of carbonyl (C=O) groups excluding carboxylic acids is 1. The highest BCUT2D eigenvalue weighted by atomic mass is 35.5. The van der Waals surface area contributed by atoms with Crippen LogP contribution in [0.3, 0.4) is 0 Å². The zero-order valence-corrected chi connectivity index (χ0v) is 10.0. The third-order valence-corrected chi connectivity index (χ3v) is 3.31. The van der Waals surface area contributed by atoms with E-state index in [1.807, 2.05) is 0 Å². The molecule has 17 heavy (non-hydrogen) atoms. The average Bonchev–Trinajstić information content (AvgIpc) is 2.33. The lowest BCUT2D eigenvalue weighted by molar-refractivity contribution is 0.200. The van der Waals surface area contributed by atoms with Gasteiger partial charge in [0.1, 0.15) is 5.82 Å². The molecule has 1 fully saturated rings. The van der Waals surface area contributed by atoms with Crippen LogP contribution in [0.2, 0.25) is 5.02 Å². The summed E-state index contributed by atoms with van der Waals surface area (Å²) in [5.41, 5.74) is 6.05. The normalized spacial score (nSPS) is 17.2. The molecule has 2 amide bonds. The summed E-state index contributed by atoms with van der Waals surface area (Å²) in [6, 6.07) is 4.41. The number of benzene rings is 1. The van der Waals surface area contributed by atoms with Crippen molar-refractivity contribution in [2.45, 2.75) is 12.8 Å². The molecule has 0 aromatic heterocycles. The first kappa shape index (κ1) is 12.2. The molecule has 91 valence electrons. The minimum atomic E-state index is -0.408. The van der Waals surface area contributed by atoms with Gasteiger partial charge in [-0.05, 0) is 30.5 Å². The maximum absolute atomic E-state index is 13.3. The predicted octanol–water partition coefficient (Wildman–Crippen LogP) is 2.58. The molecule has 2 rings (SSSR count). The number of amides is 2. The first-order valence-corrected chi connectivity index (χ1v) is 5.80. The number of rotatable bonds is 1. The molecule has 1 heterocycles. The van der Waals surface area contributed by atoms with Gasteiger partial charge in [0.25, 0.3) is 0 Å². The number of hydrogen-bond acceptors (Lipinski definition) is 1. The van der Waals surface area contributed by atoms with Crippen LogP contribution >= 0.6 is 11.6 Å². The molecule has 0 aliphatic carbocycles. The van der Waals surface area contributed by atoms with Crippen LogP contribution < -0.4 is 5.73 Å². The molecule has 2 N–H and O–H groups in total. The zero-order valence-electron chi connectivity index (χ0n) is 9.25. The first-order valence-electron chi connectivity index (χ1n) is 5.42. The summed E-state index contributed by atoms with van der Waals surface area (Å²) < 4.78 is 13.3. The smallest absolute Gasteiger partial charge is 0.314 e. The van der Waals surface area contributed by atoms with E-state index in [4.69, 9.17) is 17.3 Å². The third kappa shape index (κ3) is 2.69. The Balaban J connectivity index is 2.05. The van der Waals surface area contributed by atoms with Crippen LogP contribution in [0.15, 0.2) is 18.2 Å². The van der Waals surface area contributed by atoms with Crippen molar-refractivity contribution in [2.24, 2.45) is 5.73 Å². The van der Waals surface area contributed by atoms with Crippen LogP contribution in [0.4, 0.5) is 9.18 Å². The Kier molecular flexibility index (Phi) is 3.52. The number of halogens is 2. The topological polar surface area (TPSA) is 46.3 Å². The number of carbonyl (C=O) groups is 1. The maximum Gasteiger partial charge on any atom is 0.314 e. The molecule has 1 aromatic carbocycles. The van der Waals surface area contributed by atoms with Gasteiger partial charge in [-0.3, -0.25) is 0 Å². The van der Waals surface area contributed by atoms with E-state index >= 15 is 0 Å². The second-order valence-corrected chi connectivity index (χ2v) is 4.46. The van der Waals surface area contributed by atoms with Crippen LogP contribution in [0.5, 0.6) is 0 Å². The summed E-state index contributed by atoms with van der Waals surface area (Å²) in [4.78, 5) is 12.6. The molecule has 0 spiro atoms. The maximum atomic E-state index is 13.3. The van der Waals surface area contributed by atoms with E-state index in [2.05, 4.69) is 0 Å². The second kappa shape index (κ2) is 4.92. The number of urea groups is 1. The van der Waals surface area contributed by atoms with Crippen molar-refractivity contribution >= 4 is 17.6 Å². The van der Waals surface area contributed by atoms with E-state index in [1.54, 1.807) is 17.0 Å². The monoisotopic (exact) mass is 255 g/mol. The Morgan fingerprint density at radius 3 is 2.53 bits per heavy atom. The number of hydrogen-bond donors (Lipinski definition) is 1. The number of likely N-dealkylation sites (tertiary alicyclic amines) is 1. The van der Waals surface area contributed by atoms with Crippen LogP contribution in [-0.4, -0.2) is 24.0 Å². The summed E-state index contributed by atoms with van der Waals surface area (Å²) >= 11 is 5.63. The number of primary amides is 1. The molecule has 1 aliphatic rings. The van der Waals surface area contributed by atoms with Crippen molar-refractivity contribution < 1.29 is 9.18 Å². The van der Waals surface area contributed by atoms with Gasteiger partial charge < -0.3 is 10.6 Å². The Morgan fingerprint density at radius 2 is 2.00 bits per heavy atom. The SMILES string of the molecule is NC(=O)N1CC[C](c2ccc(Cl)c(F)c2)CC1. The minimum absolute atomic E-state index is 0.129. The van der Waals surface area contributed by atoms with Gasteiger partial charge in [-0.15, -0.1) is 0 Å². The summed E-state index contributed by atoms with van der Waals surface area (Å²) in [5, 5.41) is 0.129. The van der Waals surface area contributed by atoms with Gasteiger partial charge in [-0.2, -0.15) is 0 Å². The van der Waals surface area contributed by atoms with Crippen LogP contribution in [0, 0.1) is 11.7 Å². The molecule has 1 saturated heterocycles. The number of piperidine rings is 1. The molecule has 1 aromatic rings. The van der Waals surface area contributed by atoms with Crippen LogP contribution in [-0.2, 0) is 0 Å². The van der Waals surface area contributed by atoms with Gasteiger partial charge in [-0.25, -0.2) is 9.18 Å². The molecule has 1 aliphatic heterocycles. The lowest BCUT2D eigenvalue weighted by Gasteiger charge is -2.30. The zero-order chi connectivity index (χ0) is 12.4. The van der Waals surface area contributed by atoms with Gasteiger partial charge in [-0.1, -0.05) is 17.7 Å². The third-order valence-electron chi connectivity index (χ3n) is 3.01. The van der Waals surface area contributed by atoms with E-state index < -0.39 is 11.8 Å². The van der Waals surface area contributed by atoms with Gasteiger partial charge in [0.05, 0.1) is 5.02 Å². The molecule has 5 heteroatoms. The first-order chi connectivity index (χ1) is 8.08. The van der Waals surface area contributed by atoms with E-state index in [-0.39, 0.29) is 5.02 Å². The summed E-state index contributed by atoms with van der Waals surface area (Å²) in [5.74, 6) is 0.729. The van der Waals surface area contributed by atoms with Crippen LogP contribution in [0.1, 0.15) is 18.4 Å². The van der Waals surface area contributed by atoms with Crippen molar-refractivity contribution in [1.29, 1.82) is 0 Å². The molecule has 1 radical (unpaired) electrons. The van der Waals surface area contributed by atoms with E-state index in [0.29, 0.717) is 13.1 Å². The lowest BCUT2D eigenvalue weighted by Crippen LogP contribution is -2.41. The Morgan fingerprint density at radius 1 is 1.35 bits per heavy atom. The molecular formula is C12H13ClFN2O. The van der Waals surface area contributed by atoms with Gasteiger partial charge in [0.2, 0.25) is 0 Å². The van der Waals surface area contributed by atoms with Crippen molar-refractivity contribution in [3.8, 4) is 0 Å². The summed E-state index contributed by atoms with van der Waals surface area (Å²) in [7, 11) is 0. The van der Waals surface area contributed by atoms with Gasteiger partial charge in [0.15, 0.2) is 0 Å². The fourth-order valence-electron chi connectivity index (χ4n) is 2.00. The van der Waals surface area contributed by atoms with E-state index in [9.17, 15) is 9.18 Å². The molecule has 0 atom stereocenters. The molecule has 0 unspecified atom stereocenters. The highest BCUT2D eigenvalue weighted by Gasteiger charge is 2.23. The Labute approximate surface area is 104 Å². The Hall–Kier alpha value is -1.29. The van der Waals surface area contributed by atoms with Crippen molar-refractivity contribution in [2.75, 3.05) is 13.1 Å². The van der Waals surface area contributed by atoms with E-state index in [1.165, 1.54) is 6.07 Å². The summed E-state index contributed by atoms with van der Waals surface area (Å²) in [6.07, 6.45) is 1.45. The molecule has 3 nitrogen and oxygen atoms in total. The quantitative estimate of drug-likeness (QED) is 0.824. The highest BCUT2D eigenvalue weighted by Crippen LogP contribution is 2.28. The number of nitrogens with zero attached hydrogens (tertiary/aromatic N) is 1. The van der Waals surface area contributed by atoms with Gasteiger partial charge in [0, 0.05) is 19.0 Å². The second-order valence-electron chi connectivity index (χ2n) is 4.06. The standard InChI is InChI=1S/C12H13ClFN2O/c13-10-2-1-9(7-11(10)14)8-3-5-16(6-4-8)12(15)17/h1-2,7H,3-6H2,(H2,15,17).